The molecule has 0 saturated heterocycles. The minimum Gasteiger partial charge on any atom is -0.310 e. The number of hydrogen-bond donors (Lipinski definition) is 2. The van der Waals surface area contributed by atoms with Crippen LogP contribution in [0.5, 0.6) is 0 Å². The van der Waals surface area contributed by atoms with Gasteiger partial charge in [-0.1, -0.05) is 59.1 Å². The number of pyridine rings is 1. The lowest BCUT2D eigenvalue weighted by Gasteiger charge is -2.22. The van der Waals surface area contributed by atoms with Crippen molar-refractivity contribution in [2.24, 2.45) is 0 Å². The normalized spacial score (nSPS) is 12.5. The number of nitrogens with one attached hydrogen (secondary N) is 3. The van der Waals surface area contributed by atoms with Crippen molar-refractivity contribution in [1.82, 2.24) is 5.32 Å². The summed E-state index contributed by atoms with van der Waals surface area (Å²) < 4.78 is -1.71. The van der Waals surface area contributed by atoms with E-state index in [-0.39, 0.29) is 5.91 Å². The highest BCUT2D eigenvalue weighted by molar-refractivity contribution is 6.68. The van der Waals surface area contributed by atoms with Gasteiger partial charge in [-0.3, -0.25) is 4.79 Å². The van der Waals surface area contributed by atoms with Gasteiger partial charge in [0.15, 0.2) is 0 Å². The van der Waals surface area contributed by atoms with Gasteiger partial charge in [0.2, 0.25) is 9.96 Å². The summed E-state index contributed by atoms with van der Waals surface area (Å²) in [5.41, 5.74) is 0.482. The minimum absolute atomic E-state index is 0.338. The second kappa shape index (κ2) is 6.98. The van der Waals surface area contributed by atoms with Crippen molar-refractivity contribution in [2.75, 3.05) is 5.32 Å². The van der Waals surface area contributed by atoms with Gasteiger partial charge in [-0.2, -0.15) is 0 Å². The summed E-state index contributed by atoms with van der Waals surface area (Å²) in [4.78, 5) is 15.1. The summed E-state index contributed by atoms with van der Waals surface area (Å²) in [6, 6.07) is 14.1. The Balaban J connectivity index is 2.12. The highest BCUT2D eigenvalue weighted by Crippen LogP contribution is 2.30. The average Bonchev–Trinajstić information content (AvgIpc) is 2.47. The molecule has 0 radical (unpaired) electrons. The van der Waals surface area contributed by atoms with Crippen LogP contribution in [0.15, 0.2) is 54.7 Å². The maximum Gasteiger partial charge on any atom is 0.273 e. The third-order valence-electron chi connectivity index (χ3n) is 2.65. The number of alkyl halides is 3. The lowest BCUT2D eigenvalue weighted by Crippen LogP contribution is -2.49. The third-order valence-corrected chi connectivity index (χ3v) is 3.30. The van der Waals surface area contributed by atoms with E-state index in [1.807, 2.05) is 18.2 Å². The summed E-state index contributed by atoms with van der Waals surface area (Å²) >= 11 is 17.8. The molecule has 0 aliphatic heterocycles. The first-order chi connectivity index (χ1) is 9.97. The zero-order valence-electron chi connectivity index (χ0n) is 10.8. The lowest BCUT2D eigenvalue weighted by molar-refractivity contribution is -0.361. The van der Waals surface area contributed by atoms with Gasteiger partial charge in [-0.15, -0.1) is 0 Å². The third kappa shape index (κ3) is 4.77. The fourth-order valence-electron chi connectivity index (χ4n) is 1.64. The molecule has 0 unspecified atom stereocenters. The first-order valence-corrected chi connectivity index (χ1v) is 7.26. The molecule has 0 aliphatic rings. The summed E-state index contributed by atoms with van der Waals surface area (Å²) in [6.07, 6.45) is 0.824. The first-order valence-electron chi connectivity index (χ1n) is 6.13. The van der Waals surface area contributed by atoms with E-state index in [0.29, 0.717) is 11.4 Å². The standard InChI is InChI=1S/C14H12Cl3N3O/c15-14(16,17)13(19-11-8-4-5-9-18-11)20-12(21)10-6-2-1-3-7-10/h1-9,13H,(H,18,19)(H,20,21)/p+1/t13-/m0/s1. The molecule has 1 amide bonds. The van der Waals surface area contributed by atoms with Gasteiger partial charge in [-0.25, -0.2) is 10.3 Å². The second-order valence-electron chi connectivity index (χ2n) is 4.23. The molecule has 1 aromatic heterocycles. The summed E-state index contributed by atoms with van der Waals surface area (Å²) in [5.74, 6) is 0.276. The van der Waals surface area contributed by atoms with Crippen LogP contribution in [0.2, 0.25) is 0 Å². The number of hydrogen-bond acceptors (Lipinski definition) is 2. The summed E-state index contributed by atoms with van der Waals surface area (Å²) in [5, 5.41) is 5.59. The van der Waals surface area contributed by atoms with Crippen LogP contribution in [0.25, 0.3) is 0 Å². The molecule has 0 saturated carbocycles. The molecular weight excluding hydrogens is 333 g/mol. The van der Waals surface area contributed by atoms with Crippen molar-refractivity contribution in [3.63, 3.8) is 0 Å². The Morgan fingerprint density at radius 2 is 1.71 bits per heavy atom. The van der Waals surface area contributed by atoms with Gasteiger partial charge >= 0.3 is 0 Å². The molecular formula is C14H13Cl3N3O+. The van der Waals surface area contributed by atoms with E-state index in [1.54, 1.807) is 36.5 Å². The minimum atomic E-state index is -1.71. The number of anilines is 1. The monoisotopic (exact) mass is 344 g/mol. The predicted octanol–water partition coefficient (Wildman–Crippen LogP) is 3.04. The molecule has 7 heteroatoms. The van der Waals surface area contributed by atoms with Crippen molar-refractivity contribution in [3.05, 3.63) is 60.3 Å². The molecule has 1 aromatic carbocycles. The zero-order valence-corrected chi connectivity index (χ0v) is 13.1. The molecule has 0 fully saturated rings. The maximum atomic E-state index is 12.2. The number of halogens is 3. The van der Waals surface area contributed by atoms with Gasteiger partial charge in [0.25, 0.3) is 11.7 Å². The number of carbonyl (C=O) groups excluding carboxylic acids is 1. The van der Waals surface area contributed by atoms with Gasteiger partial charge in [0, 0.05) is 11.6 Å². The molecule has 2 rings (SSSR count). The van der Waals surface area contributed by atoms with Crippen molar-refractivity contribution in [2.45, 2.75) is 9.96 Å². The van der Waals surface area contributed by atoms with Gasteiger partial charge in [0.1, 0.15) is 0 Å². The van der Waals surface area contributed by atoms with Crippen LogP contribution in [0, 0.1) is 0 Å². The van der Waals surface area contributed by atoms with Crippen LogP contribution in [-0.2, 0) is 0 Å². The fourth-order valence-corrected chi connectivity index (χ4v) is 1.97. The maximum absolute atomic E-state index is 12.2. The van der Waals surface area contributed by atoms with Crippen LogP contribution >= 0.6 is 34.8 Å². The Morgan fingerprint density at radius 1 is 1.05 bits per heavy atom. The molecule has 3 N–H and O–H groups in total. The molecule has 2 aromatic rings. The largest absolute Gasteiger partial charge is 0.310 e. The van der Waals surface area contributed by atoms with E-state index < -0.39 is 9.96 Å². The molecule has 0 aliphatic carbocycles. The quantitative estimate of drug-likeness (QED) is 0.661. The highest BCUT2D eigenvalue weighted by Gasteiger charge is 2.38. The average molecular weight is 346 g/mol. The van der Waals surface area contributed by atoms with Gasteiger partial charge < -0.3 is 5.32 Å². The Labute approximate surface area is 137 Å². The SMILES string of the molecule is O=C(N[C@H](Nc1cccc[nH+]1)C(Cl)(Cl)Cl)c1ccccc1. The van der Waals surface area contributed by atoms with Crippen LogP contribution in [0.4, 0.5) is 5.82 Å². The Bertz CT molecular complexity index is 587. The zero-order chi connectivity index (χ0) is 15.3. The molecule has 1 heterocycles. The summed E-state index contributed by atoms with van der Waals surface area (Å²) in [7, 11) is 0. The number of H-pyrrole nitrogens is 1. The number of aromatic amines is 1. The van der Waals surface area contributed by atoms with E-state index in [0.717, 1.165) is 0 Å². The van der Waals surface area contributed by atoms with Crippen molar-refractivity contribution >= 4 is 46.5 Å². The molecule has 0 spiro atoms. The number of benzene rings is 1. The second-order valence-corrected chi connectivity index (χ2v) is 6.60. The molecule has 4 nitrogen and oxygen atoms in total. The van der Waals surface area contributed by atoms with E-state index in [9.17, 15) is 4.79 Å². The predicted molar refractivity (Wildman–Crippen MR) is 84.6 cm³/mol. The van der Waals surface area contributed by atoms with Gasteiger partial charge in [0.05, 0.1) is 6.20 Å². The van der Waals surface area contributed by atoms with E-state index in [4.69, 9.17) is 34.8 Å². The fraction of sp³-hybridized carbons (Fsp3) is 0.143. The summed E-state index contributed by atoms with van der Waals surface area (Å²) in [6.45, 7) is 0. The highest BCUT2D eigenvalue weighted by atomic mass is 35.6. The molecule has 0 bridgehead atoms. The Hall–Kier alpha value is -1.49. The lowest BCUT2D eigenvalue weighted by atomic mass is 10.2. The van der Waals surface area contributed by atoms with Crippen LogP contribution in [0.1, 0.15) is 10.4 Å². The Kier molecular flexibility index (Phi) is 5.28. The van der Waals surface area contributed by atoms with Crippen LogP contribution < -0.4 is 15.6 Å². The number of aromatic nitrogens is 1. The van der Waals surface area contributed by atoms with Crippen molar-refractivity contribution < 1.29 is 9.78 Å². The van der Waals surface area contributed by atoms with Crippen molar-refractivity contribution in [1.29, 1.82) is 0 Å². The first kappa shape index (κ1) is 15.9. The van der Waals surface area contributed by atoms with E-state index >= 15 is 0 Å². The number of amides is 1. The number of rotatable bonds is 4. The topological polar surface area (TPSA) is 55.3 Å². The number of carbonyl (C=O) groups is 1. The van der Waals surface area contributed by atoms with Crippen molar-refractivity contribution in [3.8, 4) is 0 Å². The smallest absolute Gasteiger partial charge is 0.273 e. The van der Waals surface area contributed by atoms with Crippen LogP contribution in [-0.4, -0.2) is 15.9 Å². The van der Waals surface area contributed by atoms with E-state index in [2.05, 4.69) is 15.6 Å². The van der Waals surface area contributed by atoms with E-state index in [1.165, 1.54) is 0 Å². The molecule has 21 heavy (non-hydrogen) atoms. The Morgan fingerprint density at radius 3 is 2.29 bits per heavy atom. The molecule has 110 valence electrons. The molecule has 1 atom stereocenters. The van der Waals surface area contributed by atoms with Gasteiger partial charge in [-0.05, 0) is 18.2 Å². The van der Waals surface area contributed by atoms with Crippen LogP contribution in [0.3, 0.4) is 0 Å².